The Morgan fingerprint density at radius 1 is 1.29 bits per heavy atom. The SMILES string of the molecule is CC(C)C(=O)Nc1ccc2c(c1)N(S(=O)(=O)c1cccs1)CCC2. The van der Waals surface area contributed by atoms with Crippen molar-refractivity contribution < 1.29 is 13.2 Å². The Balaban J connectivity index is 1.98. The van der Waals surface area contributed by atoms with Gasteiger partial charge in [0.2, 0.25) is 5.91 Å². The zero-order valence-corrected chi connectivity index (χ0v) is 15.3. The lowest BCUT2D eigenvalue weighted by molar-refractivity contribution is -0.118. The molecule has 0 unspecified atom stereocenters. The lowest BCUT2D eigenvalue weighted by atomic mass is 10.0. The van der Waals surface area contributed by atoms with Crippen LogP contribution in [0.3, 0.4) is 0 Å². The van der Waals surface area contributed by atoms with Crippen molar-refractivity contribution in [3.05, 3.63) is 41.3 Å². The monoisotopic (exact) mass is 364 g/mol. The van der Waals surface area contributed by atoms with Crippen LogP contribution in [0.4, 0.5) is 11.4 Å². The molecule has 0 bridgehead atoms. The molecule has 1 aliphatic heterocycles. The molecule has 128 valence electrons. The molecule has 1 aliphatic rings. The average molecular weight is 364 g/mol. The van der Waals surface area contributed by atoms with E-state index in [-0.39, 0.29) is 11.8 Å². The lowest BCUT2D eigenvalue weighted by Crippen LogP contribution is -2.35. The molecule has 5 nitrogen and oxygen atoms in total. The van der Waals surface area contributed by atoms with E-state index in [1.54, 1.807) is 23.6 Å². The third kappa shape index (κ3) is 3.18. The Hall–Kier alpha value is -1.86. The molecule has 1 aromatic carbocycles. The van der Waals surface area contributed by atoms with Gasteiger partial charge in [-0.15, -0.1) is 11.3 Å². The van der Waals surface area contributed by atoms with Gasteiger partial charge in [0.1, 0.15) is 4.21 Å². The number of aryl methyl sites for hydroxylation is 1. The predicted octanol–water partition coefficient (Wildman–Crippen LogP) is 3.48. The number of rotatable bonds is 4. The van der Waals surface area contributed by atoms with Crippen molar-refractivity contribution in [1.29, 1.82) is 0 Å². The van der Waals surface area contributed by atoms with E-state index < -0.39 is 10.0 Å². The van der Waals surface area contributed by atoms with Crippen molar-refractivity contribution >= 4 is 38.6 Å². The van der Waals surface area contributed by atoms with Gasteiger partial charge in [-0.05, 0) is 42.0 Å². The summed E-state index contributed by atoms with van der Waals surface area (Å²) in [6.07, 6.45) is 1.62. The van der Waals surface area contributed by atoms with Crippen molar-refractivity contribution in [3.63, 3.8) is 0 Å². The predicted molar refractivity (Wildman–Crippen MR) is 97.1 cm³/mol. The van der Waals surface area contributed by atoms with Crippen molar-refractivity contribution in [3.8, 4) is 0 Å². The molecule has 0 saturated heterocycles. The topological polar surface area (TPSA) is 66.5 Å². The van der Waals surface area contributed by atoms with Crippen LogP contribution in [-0.4, -0.2) is 20.9 Å². The number of amides is 1. The first-order valence-corrected chi connectivity index (χ1v) is 10.2. The molecule has 24 heavy (non-hydrogen) atoms. The smallest absolute Gasteiger partial charge is 0.273 e. The summed E-state index contributed by atoms with van der Waals surface area (Å²) in [5.74, 6) is -0.217. The van der Waals surface area contributed by atoms with Crippen LogP contribution in [0.5, 0.6) is 0 Å². The second-order valence-electron chi connectivity index (χ2n) is 6.10. The molecular weight excluding hydrogens is 344 g/mol. The van der Waals surface area contributed by atoms with Gasteiger partial charge in [0.25, 0.3) is 10.0 Å². The molecule has 3 rings (SSSR count). The van der Waals surface area contributed by atoms with E-state index in [9.17, 15) is 13.2 Å². The number of hydrogen-bond donors (Lipinski definition) is 1. The highest BCUT2D eigenvalue weighted by molar-refractivity contribution is 7.94. The molecule has 0 aliphatic carbocycles. The minimum absolute atomic E-state index is 0.0848. The maximum absolute atomic E-state index is 12.9. The molecule has 7 heteroatoms. The molecule has 0 fully saturated rings. The third-order valence-corrected chi connectivity index (χ3v) is 7.18. The molecule has 2 aromatic rings. The summed E-state index contributed by atoms with van der Waals surface area (Å²) in [6.45, 7) is 4.09. The summed E-state index contributed by atoms with van der Waals surface area (Å²) in [4.78, 5) is 11.9. The summed E-state index contributed by atoms with van der Waals surface area (Å²) in [5.41, 5.74) is 2.28. The van der Waals surface area contributed by atoms with Gasteiger partial charge >= 0.3 is 0 Å². The average Bonchev–Trinajstić information content (AvgIpc) is 3.09. The molecule has 1 amide bonds. The zero-order valence-electron chi connectivity index (χ0n) is 13.7. The molecule has 0 radical (unpaired) electrons. The van der Waals surface area contributed by atoms with Crippen LogP contribution in [-0.2, 0) is 21.2 Å². The van der Waals surface area contributed by atoms with E-state index >= 15 is 0 Å². The third-order valence-electron chi connectivity index (χ3n) is 3.99. The minimum Gasteiger partial charge on any atom is -0.326 e. The van der Waals surface area contributed by atoms with E-state index in [2.05, 4.69) is 5.32 Å². The minimum atomic E-state index is -3.55. The van der Waals surface area contributed by atoms with Gasteiger partial charge < -0.3 is 5.32 Å². The molecule has 2 heterocycles. The van der Waals surface area contributed by atoms with Crippen LogP contribution in [0, 0.1) is 5.92 Å². The van der Waals surface area contributed by atoms with E-state index in [0.717, 1.165) is 18.4 Å². The molecule has 0 spiro atoms. The van der Waals surface area contributed by atoms with Crippen LogP contribution in [0.25, 0.3) is 0 Å². The van der Waals surface area contributed by atoms with Gasteiger partial charge in [-0.25, -0.2) is 8.42 Å². The van der Waals surface area contributed by atoms with Crippen LogP contribution in [0.2, 0.25) is 0 Å². The Morgan fingerprint density at radius 2 is 2.08 bits per heavy atom. The second kappa shape index (κ2) is 6.57. The van der Waals surface area contributed by atoms with Gasteiger partial charge in [0, 0.05) is 18.2 Å². The maximum Gasteiger partial charge on any atom is 0.273 e. The van der Waals surface area contributed by atoms with Crippen LogP contribution < -0.4 is 9.62 Å². The lowest BCUT2D eigenvalue weighted by Gasteiger charge is -2.30. The molecular formula is C17H20N2O3S2. The summed E-state index contributed by atoms with van der Waals surface area (Å²) in [6, 6.07) is 8.86. The second-order valence-corrected chi connectivity index (χ2v) is 9.14. The van der Waals surface area contributed by atoms with Crippen molar-refractivity contribution in [2.45, 2.75) is 30.9 Å². The Morgan fingerprint density at radius 3 is 2.75 bits per heavy atom. The number of hydrogen-bond acceptors (Lipinski definition) is 4. The number of thiophene rings is 1. The van der Waals surface area contributed by atoms with E-state index in [1.807, 2.05) is 26.0 Å². The fourth-order valence-corrected chi connectivity index (χ4v) is 5.31. The highest BCUT2D eigenvalue weighted by atomic mass is 32.2. The highest BCUT2D eigenvalue weighted by Gasteiger charge is 2.30. The van der Waals surface area contributed by atoms with Crippen molar-refractivity contribution in [1.82, 2.24) is 0 Å². The number of fused-ring (bicyclic) bond motifs is 1. The molecule has 0 atom stereocenters. The fourth-order valence-electron chi connectivity index (χ4n) is 2.67. The molecule has 1 aromatic heterocycles. The number of nitrogens with zero attached hydrogens (tertiary/aromatic N) is 1. The Kier molecular flexibility index (Phi) is 4.64. The van der Waals surface area contributed by atoms with Gasteiger partial charge in [-0.1, -0.05) is 26.0 Å². The van der Waals surface area contributed by atoms with E-state index in [0.29, 0.717) is 22.1 Å². The molecule has 0 saturated carbocycles. The Labute approximate surface area is 146 Å². The largest absolute Gasteiger partial charge is 0.326 e. The van der Waals surface area contributed by atoms with Crippen LogP contribution in [0.15, 0.2) is 39.9 Å². The Bertz CT molecular complexity index is 843. The van der Waals surface area contributed by atoms with Gasteiger partial charge in [0.15, 0.2) is 0 Å². The van der Waals surface area contributed by atoms with Crippen molar-refractivity contribution in [2.24, 2.45) is 5.92 Å². The number of carbonyl (C=O) groups is 1. The first kappa shape index (κ1) is 17.0. The normalized spacial score (nSPS) is 14.5. The van der Waals surface area contributed by atoms with Crippen LogP contribution >= 0.6 is 11.3 Å². The number of sulfonamides is 1. The maximum atomic E-state index is 12.9. The van der Waals surface area contributed by atoms with E-state index in [4.69, 9.17) is 0 Å². The first-order chi connectivity index (χ1) is 11.4. The van der Waals surface area contributed by atoms with Gasteiger partial charge in [-0.3, -0.25) is 9.10 Å². The summed E-state index contributed by atoms with van der Waals surface area (Å²) in [7, 11) is -3.55. The number of carbonyl (C=O) groups excluding carboxylic acids is 1. The van der Waals surface area contributed by atoms with E-state index in [1.165, 1.54) is 15.6 Å². The quantitative estimate of drug-likeness (QED) is 0.903. The number of anilines is 2. The standard InChI is InChI=1S/C17H20N2O3S2/c1-12(2)17(20)18-14-8-7-13-5-3-9-19(15(13)11-14)24(21,22)16-6-4-10-23-16/h4,6-8,10-12H,3,5,9H2,1-2H3,(H,18,20). The highest BCUT2D eigenvalue weighted by Crippen LogP contribution is 2.35. The van der Waals surface area contributed by atoms with Crippen LogP contribution in [0.1, 0.15) is 25.8 Å². The fraction of sp³-hybridized carbons (Fsp3) is 0.353. The van der Waals surface area contributed by atoms with Crippen molar-refractivity contribution in [2.75, 3.05) is 16.2 Å². The summed E-state index contributed by atoms with van der Waals surface area (Å²) < 4.78 is 27.6. The summed E-state index contributed by atoms with van der Waals surface area (Å²) >= 11 is 1.22. The zero-order chi connectivity index (χ0) is 17.3. The first-order valence-electron chi connectivity index (χ1n) is 7.89. The molecule has 1 N–H and O–H groups in total. The number of benzene rings is 1. The summed E-state index contributed by atoms with van der Waals surface area (Å²) in [5, 5.41) is 4.60. The number of nitrogens with one attached hydrogen (secondary N) is 1. The van der Waals surface area contributed by atoms with Gasteiger partial charge in [0.05, 0.1) is 5.69 Å². The van der Waals surface area contributed by atoms with Gasteiger partial charge in [-0.2, -0.15) is 0 Å².